The average Bonchev–Trinajstić information content (AvgIpc) is 2.37. The summed E-state index contributed by atoms with van der Waals surface area (Å²) >= 11 is 0. The summed E-state index contributed by atoms with van der Waals surface area (Å²) in [5.41, 5.74) is -0.107. The minimum Gasteiger partial charge on any atom is -0.356 e. The van der Waals surface area contributed by atoms with Gasteiger partial charge in [-0.05, 0) is 17.7 Å². The van der Waals surface area contributed by atoms with E-state index in [9.17, 15) is 22.8 Å². The topological polar surface area (TPSA) is 49.4 Å². The molecule has 0 heterocycles. The molecule has 4 nitrogen and oxygen atoms in total. The molecule has 0 saturated heterocycles. The molecule has 0 unspecified atom stereocenters. The van der Waals surface area contributed by atoms with E-state index in [0.717, 1.165) is 12.1 Å². The molecule has 1 aromatic rings. The Morgan fingerprint density at radius 2 is 1.76 bits per heavy atom. The van der Waals surface area contributed by atoms with Crippen LogP contribution in [0.5, 0.6) is 0 Å². The Balaban J connectivity index is 2.52. The first-order chi connectivity index (χ1) is 9.70. The van der Waals surface area contributed by atoms with E-state index >= 15 is 0 Å². The molecule has 0 aliphatic heterocycles. The highest BCUT2D eigenvalue weighted by Crippen LogP contribution is 2.29. The molecule has 0 spiro atoms. The zero-order valence-corrected chi connectivity index (χ0v) is 11.8. The Morgan fingerprint density at radius 1 is 1.19 bits per heavy atom. The maximum absolute atomic E-state index is 12.4. The summed E-state index contributed by atoms with van der Waals surface area (Å²) in [5.74, 6) is -0.406. The smallest absolute Gasteiger partial charge is 0.356 e. The van der Waals surface area contributed by atoms with Gasteiger partial charge in [-0.1, -0.05) is 12.1 Å². The van der Waals surface area contributed by atoms with Gasteiger partial charge in [0.2, 0.25) is 11.8 Å². The molecule has 0 fully saturated rings. The predicted octanol–water partition coefficient (Wildman–Crippen LogP) is 2.19. The summed E-state index contributed by atoms with van der Waals surface area (Å²) in [7, 11) is 1.56. The number of hydrogen-bond acceptors (Lipinski definition) is 2. The van der Waals surface area contributed by atoms with Crippen LogP contribution in [0.1, 0.15) is 24.5 Å². The van der Waals surface area contributed by atoms with Gasteiger partial charge in [0.05, 0.1) is 5.56 Å². The number of rotatable bonds is 5. The highest BCUT2D eigenvalue weighted by atomic mass is 19.4. The number of amides is 2. The van der Waals surface area contributed by atoms with Crippen molar-refractivity contribution < 1.29 is 22.8 Å². The number of hydrogen-bond donors (Lipinski definition) is 1. The van der Waals surface area contributed by atoms with E-state index in [-0.39, 0.29) is 31.3 Å². The van der Waals surface area contributed by atoms with Crippen molar-refractivity contribution in [2.75, 3.05) is 13.6 Å². The van der Waals surface area contributed by atoms with E-state index in [4.69, 9.17) is 0 Å². The van der Waals surface area contributed by atoms with Gasteiger partial charge in [-0.25, -0.2) is 0 Å². The predicted molar refractivity (Wildman–Crippen MR) is 71.2 cm³/mol. The Labute approximate surface area is 120 Å². The number of benzene rings is 1. The summed E-state index contributed by atoms with van der Waals surface area (Å²) in [6.45, 7) is 1.82. The zero-order valence-electron chi connectivity index (χ0n) is 11.8. The highest BCUT2D eigenvalue weighted by molar-refractivity contribution is 5.77. The molecular formula is C14H17F3N2O2. The fraction of sp³-hybridized carbons (Fsp3) is 0.429. The molecule has 1 rings (SSSR count). The lowest BCUT2D eigenvalue weighted by Crippen LogP contribution is -2.30. The number of carbonyl (C=O) groups excluding carboxylic acids is 2. The Hall–Kier alpha value is -2.05. The van der Waals surface area contributed by atoms with E-state index in [1.165, 1.54) is 24.0 Å². The fourth-order valence-electron chi connectivity index (χ4n) is 1.70. The number of carbonyl (C=O) groups is 2. The number of nitrogens with one attached hydrogen (secondary N) is 1. The second-order valence-electron chi connectivity index (χ2n) is 4.68. The van der Waals surface area contributed by atoms with Crippen molar-refractivity contribution in [2.45, 2.75) is 26.1 Å². The molecule has 2 amide bonds. The van der Waals surface area contributed by atoms with Crippen molar-refractivity contribution >= 4 is 11.8 Å². The highest BCUT2D eigenvalue weighted by Gasteiger charge is 2.29. The van der Waals surface area contributed by atoms with Crippen LogP contribution in [0, 0.1) is 0 Å². The van der Waals surface area contributed by atoms with E-state index in [1.54, 1.807) is 7.05 Å². The standard InChI is InChI=1S/C14H17F3N2O2/c1-10(20)18-8-7-13(21)19(2)9-11-3-5-12(6-4-11)14(15,16)17/h3-6H,7-9H2,1-2H3,(H,18,20). The fourth-order valence-corrected chi connectivity index (χ4v) is 1.70. The van der Waals surface area contributed by atoms with Gasteiger partial charge in [0.15, 0.2) is 0 Å². The molecule has 0 saturated carbocycles. The summed E-state index contributed by atoms with van der Waals surface area (Å²) in [5, 5.41) is 2.51. The van der Waals surface area contributed by atoms with Crippen molar-refractivity contribution in [2.24, 2.45) is 0 Å². The Kier molecular flexibility index (Phi) is 5.75. The number of halogens is 3. The first-order valence-corrected chi connectivity index (χ1v) is 6.34. The van der Waals surface area contributed by atoms with Crippen molar-refractivity contribution in [1.82, 2.24) is 10.2 Å². The zero-order chi connectivity index (χ0) is 16.0. The summed E-state index contributed by atoms with van der Waals surface area (Å²) in [4.78, 5) is 23.8. The number of nitrogens with zero attached hydrogens (tertiary/aromatic N) is 1. The van der Waals surface area contributed by atoms with Gasteiger partial charge in [0.25, 0.3) is 0 Å². The van der Waals surface area contributed by atoms with Gasteiger partial charge in [0.1, 0.15) is 0 Å². The largest absolute Gasteiger partial charge is 0.416 e. The minimum atomic E-state index is -4.36. The molecule has 7 heteroatoms. The van der Waals surface area contributed by atoms with E-state index in [2.05, 4.69) is 5.32 Å². The van der Waals surface area contributed by atoms with E-state index in [0.29, 0.717) is 5.56 Å². The molecule has 1 aromatic carbocycles. The van der Waals surface area contributed by atoms with Gasteiger partial charge in [-0.15, -0.1) is 0 Å². The van der Waals surface area contributed by atoms with Gasteiger partial charge < -0.3 is 10.2 Å². The summed E-state index contributed by atoms with van der Waals surface area (Å²) in [6.07, 6.45) is -4.21. The van der Waals surface area contributed by atoms with Crippen LogP contribution in [0.15, 0.2) is 24.3 Å². The third-order valence-corrected chi connectivity index (χ3v) is 2.84. The van der Waals surface area contributed by atoms with Crippen molar-refractivity contribution in [3.63, 3.8) is 0 Å². The van der Waals surface area contributed by atoms with Crippen LogP contribution < -0.4 is 5.32 Å². The average molecular weight is 302 g/mol. The Bertz CT molecular complexity index is 498. The molecule has 116 valence electrons. The van der Waals surface area contributed by atoms with Crippen LogP contribution in [0.25, 0.3) is 0 Å². The Morgan fingerprint density at radius 3 is 2.24 bits per heavy atom. The molecule has 0 aliphatic carbocycles. The third kappa shape index (κ3) is 5.85. The lowest BCUT2D eigenvalue weighted by molar-refractivity contribution is -0.137. The second-order valence-corrected chi connectivity index (χ2v) is 4.68. The molecule has 0 radical (unpaired) electrons. The quantitative estimate of drug-likeness (QED) is 0.906. The normalized spacial score (nSPS) is 11.1. The van der Waals surface area contributed by atoms with Crippen LogP contribution in [0.4, 0.5) is 13.2 Å². The van der Waals surface area contributed by atoms with Crippen molar-refractivity contribution in [3.05, 3.63) is 35.4 Å². The maximum Gasteiger partial charge on any atom is 0.416 e. The summed E-state index contributed by atoms with van der Waals surface area (Å²) in [6, 6.07) is 4.68. The van der Waals surface area contributed by atoms with Crippen molar-refractivity contribution in [1.29, 1.82) is 0 Å². The monoisotopic (exact) mass is 302 g/mol. The maximum atomic E-state index is 12.4. The third-order valence-electron chi connectivity index (χ3n) is 2.84. The molecule has 0 aromatic heterocycles. The van der Waals surface area contributed by atoms with Crippen LogP contribution in [-0.2, 0) is 22.3 Å². The lowest BCUT2D eigenvalue weighted by Gasteiger charge is -2.17. The lowest BCUT2D eigenvalue weighted by atomic mass is 10.1. The first-order valence-electron chi connectivity index (χ1n) is 6.34. The molecule has 1 N–H and O–H groups in total. The van der Waals surface area contributed by atoms with Gasteiger partial charge in [-0.2, -0.15) is 13.2 Å². The summed E-state index contributed by atoms with van der Waals surface area (Å²) < 4.78 is 37.2. The molecule has 0 bridgehead atoms. The minimum absolute atomic E-state index is 0.150. The van der Waals surface area contributed by atoms with Crippen LogP contribution >= 0.6 is 0 Å². The first kappa shape index (κ1) is 17.0. The van der Waals surface area contributed by atoms with Crippen LogP contribution in [0.3, 0.4) is 0 Å². The van der Waals surface area contributed by atoms with E-state index in [1.807, 2.05) is 0 Å². The number of alkyl halides is 3. The van der Waals surface area contributed by atoms with Gasteiger partial charge in [-0.3, -0.25) is 9.59 Å². The molecule has 0 aliphatic rings. The molecule has 21 heavy (non-hydrogen) atoms. The van der Waals surface area contributed by atoms with Crippen molar-refractivity contribution in [3.8, 4) is 0 Å². The van der Waals surface area contributed by atoms with E-state index < -0.39 is 11.7 Å². The molecular weight excluding hydrogens is 285 g/mol. The van der Waals surface area contributed by atoms with Crippen LogP contribution in [-0.4, -0.2) is 30.3 Å². The SMILES string of the molecule is CC(=O)NCCC(=O)N(C)Cc1ccc(C(F)(F)F)cc1. The van der Waals surface area contributed by atoms with Crippen LogP contribution in [0.2, 0.25) is 0 Å². The van der Waals surface area contributed by atoms with Gasteiger partial charge >= 0.3 is 6.18 Å². The molecule has 0 atom stereocenters. The van der Waals surface area contributed by atoms with Gasteiger partial charge in [0, 0.05) is 33.5 Å². The second kappa shape index (κ2) is 7.10.